The van der Waals surface area contributed by atoms with Crippen LogP contribution < -0.4 is 27.3 Å². The molecule has 0 radical (unpaired) electrons. The number of hydrazone groups is 2. The molecule has 0 fully saturated rings. The van der Waals surface area contributed by atoms with E-state index in [1.807, 2.05) is 68.4 Å². The van der Waals surface area contributed by atoms with Crippen LogP contribution in [0.2, 0.25) is 0 Å². The maximum atomic E-state index is 5.94. The summed E-state index contributed by atoms with van der Waals surface area (Å²) in [5.41, 5.74) is 10.4. The molecule has 9 nitrogen and oxygen atoms in total. The first-order valence-electron chi connectivity index (χ1n) is 10.1. The van der Waals surface area contributed by atoms with Crippen LogP contribution >= 0.6 is 0 Å². The Morgan fingerprint density at radius 1 is 1.19 bits per heavy atom. The number of nitrogens with one attached hydrogen (secondary N) is 2. The van der Waals surface area contributed by atoms with Gasteiger partial charge in [0.2, 0.25) is 0 Å². The van der Waals surface area contributed by atoms with Gasteiger partial charge in [-0.05, 0) is 55.8 Å². The number of hydrazine groups is 1. The van der Waals surface area contributed by atoms with Gasteiger partial charge >= 0.3 is 0 Å². The van der Waals surface area contributed by atoms with E-state index in [2.05, 4.69) is 21.1 Å². The molecule has 1 aliphatic rings. The van der Waals surface area contributed by atoms with Gasteiger partial charge in [0.15, 0.2) is 0 Å². The molecule has 160 valence electrons. The topological polar surface area (TPSA) is 128 Å². The van der Waals surface area contributed by atoms with Crippen LogP contribution in [0, 0.1) is 6.92 Å². The Morgan fingerprint density at radius 3 is 2.58 bits per heavy atom. The van der Waals surface area contributed by atoms with Crippen LogP contribution in [0.25, 0.3) is 5.69 Å². The van der Waals surface area contributed by atoms with Crippen molar-refractivity contribution in [1.29, 1.82) is 0 Å². The fourth-order valence-corrected chi connectivity index (χ4v) is 3.84. The minimum atomic E-state index is -0.187. The lowest BCUT2D eigenvalue weighted by Gasteiger charge is -2.25. The van der Waals surface area contributed by atoms with Crippen molar-refractivity contribution in [3.63, 3.8) is 0 Å². The summed E-state index contributed by atoms with van der Waals surface area (Å²) in [5, 5.41) is 13.2. The Bertz CT molecular complexity index is 1100. The molecule has 6 N–H and O–H groups in total. The van der Waals surface area contributed by atoms with Crippen molar-refractivity contribution in [2.24, 2.45) is 21.9 Å². The number of aryl methyl sites for hydroxylation is 1. The summed E-state index contributed by atoms with van der Waals surface area (Å²) in [5.74, 6) is 13.5. The van der Waals surface area contributed by atoms with Crippen molar-refractivity contribution < 1.29 is 4.74 Å². The van der Waals surface area contributed by atoms with Crippen molar-refractivity contribution in [3.8, 4) is 11.4 Å². The zero-order valence-electron chi connectivity index (χ0n) is 17.5. The summed E-state index contributed by atoms with van der Waals surface area (Å²) in [7, 11) is 0. The van der Waals surface area contributed by atoms with Crippen LogP contribution in [0.5, 0.6) is 5.75 Å². The highest BCUT2D eigenvalue weighted by Gasteiger charge is 2.32. The lowest BCUT2D eigenvalue weighted by Crippen LogP contribution is -2.35. The largest absolute Gasteiger partial charge is 0.494 e. The van der Waals surface area contributed by atoms with Crippen molar-refractivity contribution in [1.82, 2.24) is 15.2 Å². The number of para-hydroxylation sites is 1. The van der Waals surface area contributed by atoms with Gasteiger partial charge < -0.3 is 16.0 Å². The van der Waals surface area contributed by atoms with Crippen LogP contribution in [-0.2, 0) is 0 Å². The quantitative estimate of drug-likeness (QED) is 0.360. The van der Waals surface area contributed by atoms with Crippen LogP contribution in [0.15, 0.2) is 64.8 Å². The number of nitrogen functional groups attached to an aromatic ring is 1. The average molecular weight is 419 g/mol. The molecule has 31 heavy (non-hydrogen) atoms. The van der Waals surface area contributed by atoms with Crippen molar-refractivity contribution >= 4 is 17.4 Å². The third-order valence-corrected chi connectivity index (χ3v) is 5.26. The molecular weight excluding hydrogens is 392 g/mol. The monoisotopic (exact) mass is 418 g/mol. The zero-order chi connectivity index (χ0) is 21.8. The van der Waals surface area contributed by atoms with E-state index in [1.165, 1.54) is 0 Å². The first kappa shape index (κ1) is 20.4. The predicted octanol–water partition coefficient (Wildman–Crippen LogP) is 2.62. The first-order valence-corrected chi connectivity index (χ1v) is 10.1. The van der Waals surface area contributed by atoms with Crippen molar-refractivity contribution in [2.45, 2.75) is 26.2 Å². The highest BCUT2D eigenvalue weighted by Crippen LogP contribution is 2.35. The van der Waals surface area contributed by atoms with Gasteiger partial charge in [-0.25, -0.2) is 10.5 Å². The number of ether oxygens (including phenoxy) is 1. The molecule has 0 saturated carbocycles. The lowest BCUT2D eigenvalue weighted by atomic mass is 9.88. The number of aromatic nitrogens is 2. The molecular formula is C22H26N8O. The minimum Gasteiger partial charge on any atom is -0.494 e. The van der Waals surface area contributed by atoms with Crippen LogP contribution in [0.1, 0.15) is 36.1 Å². The standard InChI is InChI=1S/C22H26N8O/c1-3-31-17-11-9-15(10-12-17)19-13-18(21(25-23)28-27-19)20-14(2)29-30(22(20)26-24)16-7-5-4-6-8-16/h4-12,18,26H,3,13,23-24H2,1-2H3,(H,25,28). The average Bonchev–Trinajstić information content (AvgIpc) is 3.16. The molecule has 0 saturated heterocycles. The summed E-state index contributed by atoms with van der Waals surface area (Å²) in [6.07, 6.45) is 0.590. The minimum absolute atomic E-state index is 0.187. The SMILES string of the molecule is CCOc1ccc(C2=NN/C(=N\N)C(c3c(C)nn(-c4ccccc4)c3NN)C2)cc1. The van der Waals surface area contributed by atoms with E-state index in [0.717, 1.165) is 34.0 Å². The van der Waals surface area contributed by atoms with E-state index in [-0.39, 0.29) is 5.92 Å². The number of nitrogens with zero attached hydrogens (tertiary/aromatic N) is 4. The van der Waals surface area contributed by atoms with E-state index in [9.17, 15) is 0 Å². The van der Waals surface area contributed by atoms with Crippen LogP contribution in [0.3, 0.4) is 0 Å². The molecule has 0 bridgehead atoms. The molecule has 1 aliphatic heterocycles. The van der Waals surface area contributed by atoms with E-state index >= 15 is 0 Å². The van der Waals surface area contributed by atoms with Gasteiger partial charge in [0.05, 0.1) is 29.6 Å². The Labute approximate surface area is 180 Å². The van der Waals surface area contributed by atoms with Crippen molar-refractivity contribution in [3.05, 3.63) is 71.4 Å². The molecule has 0 amide bonds. The second-order valence-electron chi connectivity index (χ2n) is 7.14. The molecule has 1 atom stereocenters. The van der Waals surface area contributed by atoms with Crippen LogP contribution in [0.4, 0.5) is 5.82 Å². The summed E-state index contributed by atoms with van der Waals surface area (Å²) in [6, 6.07) is 17.7. The first-order chi connectivity index (χ1) is 15.2. The van der Waals surface area contributed by atoms with Gasteiger partial charge in [-0.3, -0.25) is 5.43 Å². The number of hydrogen-bond acceptors (Lipinski definition) is 7. The van der Waals surface area contributed by atoms with Gasteiger partial charge in [-0.1, -0.05) is 18.2 Å². The molecule has 4 rings (SSSR count). The third-order valence-electron chi connectivity index (χ3n) is 5.26. The fourth-order valence-electron chi connectivity index (χ4n) is 3.84. The number of nitrogens with two attached hydrogens (primary N) is 2. The molecule has 0 aliphatic carbocycles. The zero-order valence-corrected chi connectivity index (χ0v) is 17.5. The Kier molecular flexibility index (Phi) is 5.85. The molecule has 0 spiro atoms. The van der Waals surface area contributed by atoms with Gasteiger partial charge in [0.25, 0.3) is 0 Å². The highest BCUT2D eigenvalue weighted by molar-refractivity contribution is 6.07. The third kappa shape index (κ3) is 3.95. The number of benzene rings is 2. The number of rotatable bonds is 6. The second kappa shape index (κ2) is 8.88. The summed E-state index contributed by atoms with van der Waals surface area (Å²) in [4.78, 5) is 0. The fraction of sp³-hybridized carbons (Fsp3) is 0.227. The predicted molar refractivity (Wildman–Crippen MR) is 122 cm³/mol. The molecule has 9 heteroatoms. The molecule has 3 aromatic rings. The van der Waals surface area contributed by atoms with Gasteiger partial charge in [0.1, 0.15) is 17.4 Å². The van der Waals surface area contributed by atoms with Crippen molar-refractivity contribution in [2.75, 3.05) is 12.0 Å². The van der Waals surface area contributed by atoms with E-state index < -0.39 is 0 Å². The van der Waals surface area contributed by atoms with Crippen LogP contribution in [-0.4, -0.2) is 27.9 Å². The lowest BCUT2D eigenvalue weighted by molar-refractivity contribution is 0.340. The smallest absolute Gasteiger partial charge is 0.150 e. The summed E-state index contributed by atoms with van der Waals surface area (Å²) in [6.45, 7) is 4.54. The Balaban J connectivity index is 1.72. The normalized spacial score (nSPS) is 17.2. The molecule has 1 aromatic heterocycles. The molecule has 2 aromatic carbocycles. The highest BCUT2D eigenvalue weighted by atomic mass is 16.5. The van der Waals surface area contributed by atoms with Gasteiger partial charge in [0, 0.05) is 12.0 Å². The van der Waals surface area contributed by atoms with E-state index in [0.29, 0.717) is 24.7 Å². The number of amidine groups is 1. The van der Waals surface area contributed by atoms with Gasteiger partial charge in [-0.2, -0.15) is 15.3 Å². The maximum absolute atomic E-state index is 5.94. The molecule has 1 unspecified atom stereocenters. The Morgan fingerprint density at radius 2 is 1.94 bits per heavy atom. The van der Waals surface area contributed by atoms with E-state index in [1.54, 1.807) is 4.68 Å². The molecule has 2 heterocycles. The Hall–Kier alpha value is -3.85. The van der Waals surface area contributed by atoms with E-state index in [4.69, 9.17) is 21.5 Å². The number of hydrogen-bond donors (Lipinski definition) is 4. The van der Waals surface area contributed by atoms with Gasteiger partial charge in [-0.15, -0.1) is 0 Å². The second-order valence-corrected chi connectivity index (χ2v) is 7.14. The number of anilines is 1. The summed E-state index contributed by atoms with van der Waals surface area (Å²) >= 11 is 0. The summed E-state index contributed by atoms with van der Waals surface area (Å²) < 4.78 is 7.33. The maximum Gasteiger partial charge on any atom is 0.150 e.